The van der Waals surface area contributed by atoms with Gasteiger partial charge >= 0.3 is 0 Å². The van der Waals surface area contributed by atoms with E-state index >= 15 is 0 Å². The lowest BCUT2D eigenvalue weighted by atomic mass is 9.81. The van der Waals surface area contributed by atoms with Gasteiger partial charge < -0.3 is 14.4 Å². The summed E-state index contributed by atoms with van der Waals surface area (Å²) in [5.41, 5.74) is 3.37. The summed E-state index contributed by atoms with van der Waals surface area (Å²) >= 11 is 0. The van der Waals surface area contributed by atoms with Crippen LogP contribution in [-0.2, 0) is 13.5 Å². The zero-order chi connectivity index (χ0) is 17.1. The van der Waals surface area contributed by atoms with Crippen LogP contribution in [0.4, 0.5) is 0 Å². The Morgan fingerprint density at radius 3 is 2.48 bits per heavy atom. The normalized spacial score (nSPS) is 29.9. The summed E-state index contributed by atoms with van der Waals surface area (Å²) in [7, 11) is 4.38. The first kappa shape index (κ1) is 15.4. The third-order valence-electron chi connectivity index (χ3n) is 7.05. The molecule has 5 rings (SSSR count). The number of carbonyl (C=O) groups is 1. The Morgan fingerprint density at radius 1 is 1.00 bits per heavy atom. The number of hydrogen-bond donors (Lipinski definition) is 0. The molecule has 4 heteroatoms. The number of amides is 1. The smallest absolute Gasteiger partial charge is 0.256 e. The third kappa shape index (κ3) is 2.20. The van der Waals surface area contributed by atoms with Crippen LogP contribution in [0.3, 0.4) is 0 Å². The van der Waals surface area contributed by atoms with Gasteiger partial charge in [-0.1, -0.05) is 24.6 Å². The summed E-state index contributed by atoms with van der Waals surface area (Å²) in [4.78, 5) is 18.2. The van der Waals surface area contributed by atoms with Crippen LogP contribution in [0.2, 0.25) is 0 Å². The number of aromatic nitrogens is 1. The first-order chi connectivity index (χ1) is 12.1. The van der Waals surface area contributed by atoms with Crippen molar-refractivity contribution in [3.05, 3.63) is 35.5 Å². The van der Waals surface area contributed by atoms with Crippen LogP contribution < -0.4 is 0 Å². The number of aryl methyl sites for hydroxylation is 1. The molecule has 4 heterocycles. The molecule has 4 nitrogen and oxygen atoms in total. The maximum atomic E-state index is 13.4. The van der Waals surface area contributed by atoms with Crippen molar-refractivity contribution in [3.63, 3.8) is 0 Å². The maximum Gasteiger partial charge on any atom is 0.256 e. The van der Waals surface area contributed by atoms with Gasteiger partial charge in [0.2, 0.25) is 0 Å². The van der Waals surface area contributed by atoms with Gasteiger partial charge in [-0.15, -0.1) is 0 Å². The zero-order valence-electron chi connectivity index (χ0n) is 15.2. The van der Waals surface area contributed by atoms with E-state index in [2.05, 4.69) is 52.7 Å². The first-order valence-corrected chi connectivity index (χ1v) is 9.74. The van der Waals surface area contributed by atoms with Crippen molar-refractivity contribution in [1.82, 2.24) is 14.4 Å². The van der Waals surface area contributed by atoms with Crippen molar-refractivity contribution in [1.29, 1.82) is 0 Å². The molecule has 2 fully saturated rings. The zero-order valence-corrected chi connectivity index (χ0v) is 15.2. The van der Waals surface area contributed by atoms with E-state index < -0.39 is 0 Å². The highest BCUT2D eigenvalue weighted by molar-refractivity contribution is 6.09. The highest BCUT2D eigenvalue weighted by atomic mass is 16.2. The average Bonchev–Trinajstić information content (AvgIpc) is 2.89. The molecular formula is C21H27N3O. The van der Waals surface area contributed by atoms with Crippen LogP contribution in [0.5, 0.6) is 0 Å². The van der Waals surface area contributed by atoms with E-state index in [-0.39, 0.29) is 5.91 Å². The molecule has 1 amide bonds. The summed E-state index contributed by atoms with van der Waals surface area (Å²) in [6, 6.07) is 10.1. The molecule has 2 unspecified atom stereocenters. The maximum absolute atomic E-state index is 13.4. The molecule has 0 saturated carbocycles. The summed E-state index contributed by atoms with van der Waals surface area (Å²) < 4.78 is 2.23. The number of benzene rings is 1. The number of piperidine rings is 2. The van der Waals surface area contributed by atoms with E-state index in [4.69, 9.17) is 0 Å². The second-order valence-corrected chi connectivity index (χ2v) is 8.18. The molecule has 0 aliphatic carbocycles. The molecule has 2 bridgehead atoms. The highest BCUT2D eigenvalue weighted by Crippen LogP contribution is 2.37. The van der Waals surface area contributed by atoms with Crippen LogP contribution in [0, 0.1) is 0 Å². The number of nitrogens with zero attached hydrogens (tertiary/aromatic N) is 3. The number of para-hydroxylation sites is 1. The molecule has 0 N–H and O–H groups in total. The Morgan fingerprint density at radius 2 is 1.72 bits per heavy atom. The Kier molecular flexibility index (Phi) is 3.46. The van der Waals surface area contributed by atoms with E-state index in [9.17, 15) is 4.79 Å². The SMILES string of the molecule is CN1C2CCCC1CC(N1CCc3c(c4ccccc4n3C)C1=O)C2. The van der Waals surface area contributed by atoms with Gasteiger partial charge in [0.05, 0.1) is 5.56 Å². The number of fused-ring (bicyclic) bond motifs is 5. The summed E-state index contributed by atoms with van der Waals surface area (Å²) in [5.74, 6) is 0.269. The summed E-state index contributed by atoms with van der Waals surface area (Å²) in [5, 5.41) is 1.13. The van der Waals surface area contributed by atoms with Gasteiger partial charge in [-0.2, -0.15) is 0 Å². The van der Waals surface area contributed by atoms with Crippen LogP contribution in [0.25, 0.3) is 10.9 Å². The Hall–Kier alpha value is -1.81. The molecule has 3 aliphatic heterocycles. The molecule has 1 aromatic carbocycles. The quantitative estimate of drug-likeness (QED) is 0.799. The van der Waals surface area contributed by atoms with Crippen LogP contribution in [0.15, 0.2) is 24.3 Å². The molecular weight excluding hydrogens is 310 g/mol. The van der Waals surface area contributed by atoms with E-state index in [1.54, 1.807) is 0 Å². The highest BCUT2D eigenvalue weighted by Gasteiger charge is 2.41. The van der Waals surface area contributed by atoms with Gasteiger partial charge in [0.25, 0.3) is 5.91 Å². The van der Waals surface area contributed by atoms with Gasteiger partial charge in [0.15, 0.2) is 0 Å². The van der Waals surface area contributed by atoms with Crippen molar-refractivity contribution in [3.8, 4) is 0 Å². The van der Waals surface area contributed by atoms with E-state index in [0.29, 0.717) is 18.1 Å². The number of carbonyl (C=O) groups excluding carboxylic acids is 1. The monoisotopic (exact) mass is 337 g/mol. The molecule has 2 saturated heterocycles. The standard InChI is InChI=1S/C21H27N3O/c1-22-14-6-5-7-15(22)13-16(12-14)24-11-10-19-20(21(24)25)17-8-3-4-9-18(17)23(19)2/h3-4,8-9,14-16H,5-7,10-13H2,1-2H3. The van der Waals surface area contributed by atoms with Crippen molar-refractivity contribution in [2.24, 2.45) is 7.05 Å². The van der Waals surface area contributed by atoms with Crippen molar-refractivity contribution in [2.45, 2.75) is 56.7 Å². The van der Waals surface area contributed by atoms with Crippen LogP contribution in [0.1, 0.15) is 48.2 Å². The van der Waals surface area contributed by atoms with E-state index in [1.807, 2.05) is 0 Å². The molecule has 3 aliphatic rings. The van der Waals surface area contributed by atoms with Crippen molar-refractivity contribution in [2.75, 3.05) is 13.6 Å². The van der Waals surface area contributed by atoms with Gasteiger partial charge in [-0.05, 0) is 38.8 Å². The van der Waals surface area contributed by atoms with Crippen LogP contribution in [-0.4, -0.2) is 52.0 Å². The predicted octanol–water partition coefficient (Wildman–Crippen LogP) is 3.19. The van der Waals surface area contributed by atoms with E-state index in [1.165, 1.54) is 30.5 Å². The lowest BCUT2D eigenvalue weighted by Gasteiger charge is -2.50. The molecule has 2 atom stereocenters. The minimum absolute atomic E-state index is 0.269. The lowest BCUT2D eigenvalue weighted by Crippen LogP contribution is -2.57. The van der Waals surface area contributed by atoms with Crippen molar-refractivity contribution >= 4 is 16.8 Å². The topological polar surface area (TPSA) is 28.5 Å². The van der Waals surface area contributed by atoms with Gasteiger partial charge in [0, 0.05) is 54.7 Å². The average molecular weight is 337 g/mol. The molecule has 0 radical (unpaired) electrons. The predicted molar refractivity (Wildman–Crippen MR) is 99.9 cm³/mol. The fraction of sp³-hybridized carbons (Fsp3) is 0.571. The minimum Gasteiger partial charge on any atom is -0.347 e. The number of hydrogen-bond acceptors (Lipinski definition) is 2. The van der Waals surface area contributed by atoms with Crippen LogP contribution >= 0.6 is 0 Å². The Balaban J connectivity index is 1.50. The van der Waals surface area contributed by atoms with Gasteiger partial charge in [0.1, 0.15) is 0 Å². The van der Waals surface area contributed by atoms with E-state index in [0.717, 1.165) is 36.8 Å². The molecule has 2 aromatic rings. The molecule has 1 aromatic heterocycles. The summed E-state index contributed by atoms with van der Waals surface area (Å²) in [6.45, 7) is 0.879. The lowest BCUT2D eigenvalue weighted by molar-refractivity contribution is 0.00893. The summed E-state index contributed by atoms with van der Waals surface area (Å²) in [6.07, 6.45) is 7.23. The van der Waals surface area contributed by atoms with Gasteiger partial charge in [-0.25, -0.2) is 0 Å². The van der Waals surface area contributed by atoms with Crippen molar-refractivity contribution < 1.29 is 4.79 Å². The molecule has 132 valence electrons. The fourth-order valence-corrected chi connectivity index (χ4v) is 5.64. The minimum atomic E-state index is 0.269. The Bertz CT molecular complexity index is 825. The number of rotatable bonds is 1. The fourth-order valence-electron chi connectivity index (χ4n) is 5.64. The molecule has 0 spiro atoms. The first-order valence-electron chi connectivity index (χ1n) is 9.74. The Labute approximate surface area is 149 Å². The van der Waals surface area contributed by atoms with Gasteiger partial charge in [-0.3, -0.25) is 4.79 Å². The molecule has 25 heavy (non-hydrogen) atoms. The third-order valence-corrected chi connectivity index (χ3v) is 7.05. The largest absolute Gasteiger partial charge is 0.347 e. The second-order valence-electron chi connectivity index (χ2n) is 8.18. The second kappa shape index (κ2) is 5.60.